The Labute approximate surface area is 120 Å². The molecule has 0 bridgehead atoms. The van der Waals surface area contributed by atoms with E-state index in [2.05, 4.69) is 0 Å². The molecule has 0 unspecified atom stereocenters. The second-order valence-electron chi connectivity index (χ2n) is 5.37. The summed E-state index contributed by atoms with van der Waals surface area (Å²) in [5.74, 6) is -1.82. The minimum absolute atomic E-state index is 0.108. The number of carbonyl (C=O) groups is 2. The zero-order chi connectivity index (χ0) is 15.5. The van der Waals surface area contributed by atoms with Gasteiger partial charge in [-0.05, 0) is 18.4 Å². The third kappa shape index (κ3) is 3.62. The molecule has 0 saturated heterocycles. The molecule has 1 aliphatic rings. The van der Waals surface area contributed by atoms with E-state index in [4.69, 9.17) is 0 Å². The van der Waals surface area contributed by atoms with Crippen molar-refractivity contribution in [2.45, 2.75) is 37.3 Å². The predicted octanol–water partition coefficient (Wildman–Crippen LogP) is 2.75. The van der Waals surface area contributed by atoms with Crippen molar-refractivity contribution < 1.29 is 22.8 Å². The van der Waals surface area contributed by atoms with Gasteiger partial charge in [-0.1, -0.05) is 30.3 Å². The number of ketones is 1. The van der Waals surface area contributed by atoms with E-state index in [1.54, 1.807) is 12.1 Å². The van der Waals surface area contributed by atoms with Crippen LogP contribution in [0.25, 0.3) is 0 Å². The van der Waals surface area contributed by atoms with Crippen LogP contribution in [0.15, 0.2) is 30.3 Å². The van der Waals surface area contributed by atoms with Crippen LogP contribution in [0.5, 0.6) is 0 Å². The van der Waals surface area contributed by atoms with E-state index in [9.17, 15) is 22.8 Å². The van der Waals surface area contributed by atoms with Crippen molar-refractivity contribution in [1.29, 1.82) is 0 Å². The van der Waals surface area contributed by atoms with E-state index < -0.39 is 17.5 Å². The standard InChI is InChI=1S/C15H16F3NO2/c16-15(17,18)13(21)19-10-14(8-6-12(20)7-9-14)11-4-2-1-3-5-11/h1-5H,6-10H2,(H,19,21). The number of hydrogen-bond acceptors (Lipinski definition) is 2. The Hall–Kier alpha value is -1.85. The fourth-order valence-electron chi connectivity index (χ4n) is 2.72. The Morgan fingerprint density at radius 3 is 2.24 bits per heavy atom. The van der Waals surface area contributed by atoms with E-state index in [1.165, 1.54) is 0 Å². The number of Topliss-reactive ketones (excluding diaryl/α,β-unsaturated/α-hetero) is 1. The van der Waals surface area contributed by atoms with Crippen LogP contribution in [0, 0.1) is 0 Å². The van der Waals surface area contributed by atoms with Crippen LogP contribution in [0.3, 0.4) is 0 Å². The lowest BCUT2D eigenvalue weighted by Crippen LogP contribution is -2.47. The summed E-state index contributed by atoms with van der Waals surface area (Å²) in [6.45, 7) is -0.108. The summed E-state index contributed by atoms with van der Waals surface area (Å²) in [6, 6.07) is 9.09. The van der Waals surface area contributed by atoms with E-state index in [0.29, 0.717) is 25.7 Å². The summed E-state index contributed by atoms with van der Waals surface area (Å²) in [5.41, 5.74) is 0.260. The van der Waals surface area contributed by atoms with Crippen LogP contribution in [-0.2, 0) is 15.0 Å². The second-order valence-corrected chi connectivity index (χ2v) is 5.37. The van der Waals surface area contributed by atoms with Gasteiger partial charge in [0.2, 0.25) is 0 Å². The van der Waals surface area contributed by atoms with Crippen LogP contribution in [0.4, 0.5) is 13.2 Å². The van der Waals surface area contributed by atoms with Crippen LogP contribution in [0.2, 0.25) is 0 Å². The normalized spacial score (nSPS) is 18.3. The SMILES string of the molecule is O=C1CCC(CNC(=O)C(F)(F)F)(c2ccccc2)CC1. The van der Waals surface area contributed by atoms with Gasteiger partial charge in [-0.25, -0.2) is 0 Å². The highest BCUT2D eigenvalue weighted by atomic mass is 19.4. The number of benzene rings is 1. The number of rotatable bonds is 3. The molecule has 1 N–H and O–H groups in total. The molecular weight excluding hydrogens is 283 g/mol. The van der Waals surface area contributed by atoms with Gasteiger partial charge in [-0.2, -0.15) is 13.2 Å². The van der Waals surface area contributed by atoms with Crippen molar-refractivity contribution in [2.75, 3.05) is 6.54 Å². The molecule has 0 radical (unpaired) electrons. The summed E-state index contributed by atoms with van der Waals surface area (Å²) in [5, 5.41) is 1.97. The molecule has 6 heteroatoms. The number of hydrogen-bond donors (Lipinski definition) is 1. The predicted molar refractivity (Wildman–Crippen MR) is 70.7 cm³/mol. The number of nitrogens with one attached hydrogen (secondary N) is 1. The second kappa shape index (κ2) is 5.87. The zero-order valence-corrected chi connectivity index (χ0v) is 11.4. The third-order valence-corrected chi connectivity index (χ3v) is 4.00. The summed E-state index contributed by atoms with van der Waals surface area (Å²) in [4.78, 5) is 22.5. The van der Waals surface area contributed by atoms with Crippen LogP contribution >= 0.6 is 0 Å². The quantitative estimate of drug-likeness (QED) is 0.933. The average molecular weight is 299 g/mol. The maximum atomic E-state index is 12.3. The van der Waals surface area contributed by atoms with E-state index in [-0.39, 0.29) is 12.3 Å². The largest absolute Gasteiger partial charge is 0.471 e. The summed E-state index contributed by atoms with van der Waals surface area (Å²) in [6.07, 6.45) is -3.32. The fraction of sp³-hybridized carbons (Fsp3) is 0.467. The van der Waals surface area contributed by atoms with Crippen LogP contribution in [0.1, 0.15) is 31.2 Å². The summed E-state index contributed by atoms with van der Waals surface area (Å²) >= 11 is 0. The fourth-order valence-corrected chi connectivity index (χ4v) is 2.72. The molecule has 114 valence electrons. The van der Waals surface area contributed by atoms with Gasteiger partial charge >= 0.3 is 12.1 Å². The first-order chi connectivity index (χ1) is 9.83. The first kappa shape index (κ1) is 15.5. The highest BCUT2D eigenvalue weighted by molar-refractivity contribution is 5.82. The molecule has 0 heterocycles. The first-order valence-electron chi connectivity index (χ1n) is 6.76. The van der Waals surface area contributed by atoms with Crippen LogP contribution < -0.4 is 5.32 Å². The molecular formula is C15H16F3NO2. The van der Waals surface area contributed by atoms with Gasteiger partial charge in [-0.15, -0.1) is 0 Å². The highest BCUT2D eigenvalue weighted by Crippen LogP contribution is 2.38. The Kier molecular flexibility index (Phi) is 4.34. The zero-order valence-electron chi connectivity index (χ0n) is 11.4. The molecule has 1 amide bonds. The molecule has 0 spiro atoms. The number of carbonyl (C=O) groups excluding carboxylic acids is 2. The lowest BCUT2D eigenvalue weighted by atomic mass is 9.69. The van der Waals surface area contributed by atoms with Crippen molar-refractivity contribution in [3.05, 3.63) is 35.9 Å². The van der Waals surface area contributed by atoms with E-state index in [1.807, 2.05) is 23.5 Å². The minimum Gasteiger partial charge on any atom is -0.347 e. The number of alkyl halides is 3. The van der Waals surface area contributed by atoms with Crippen LogP contribution in [-0.4, -0.2) is 24.4 Å². The topological polar surface area (TPSA) is 46.2 Å². The first-order valence-corrected chi connectivity index (χ1v) is 6.76. The van der Waals surface area contributed by atoms with E-state index in [0.717, 1.165) is 5.56 Å². The monoisotopic (exact) mass is 299 g/mol. The smallest absolute Gasteiger partial charge is 0.347 e. The maximum Gasteiger partial charge on any atom is 0.471 e. The van der Waals surface area contributed by atoms with Gasteiger partial charge < -0.3 is 5.32 Å². The molecule has 2 rings (SSSR count). The molecule has 1 aromatic carbocycles. The van der Waals surface area contributed by atoms with Gasteiger partial charge in [0.05, 0.1) is 0 Å². The number of amides is 1. The Morgan fingerprint density at radius 2 is 1.71 bits per heavy atom. The molecule has 1 aromatic rings. The van der Waals surface area contributed by atoms with Gasteiger partial charge in [0.15, 0.2) is 0 Å². The van der Waals surface area contributed by atoms with Gasteiger partial charge in [0.25, 0.3) is 0 Å². The molecule has 0 aliphatic heterocycles. The Bertz CT molecular complexity index is 515. The molecule has 1 fully saturated rings. The van der Waals surface area contributed by atoms with Crippen molar-refractivity contribution in [2.24, 2.45) is 0 Å². The van der Waals surface area contributed by atoms with E-state index >= 15 is 0 Å². The van der Waals surface area contributed by atoms with Crippen molar-refractivity contribution in [3.8, 4) is 0 Å². The lowest BCUT2D eigenvalue weighted by molar-refractivity contribution is -0.173. The summed E-state index contributed by atoms with van der Waals surface area (Å²) < 4.78 is 37.0. The molecule has 1 aliphatic carbocycles. The summed E-state index contributed by atoms with van der Waals surface area (Å²) in [7, 11) is 0. The number of halogens is 3. The molecule has 3 nitrogen and oxygen atoms in total. The van der Waals surface area contributed by atoms with Gasteiger partial charge in [0, 0.05) is 24.8 Å². The van der Waals surface area contributed by atoms with Crippen molar-refractivity contribution in [3.63, 3.8) is 0 Å². The third-order valence-electron chi connectivity index (χ3n) is 4.00. The molecule has 0 atom stereocenters. The van der Waals surface area contributed by atoms with Gasteiger partial charge in [-0.3, -0.25) is 9.59 Å². The highest BCUT2D eigenvalue weighted by Gasteiger charge is 2.42. The average Bonchev–Trinajstić information content (AvgIpc) is 2.47. The van der Waals surface area contributed by atoms with Gasteiger partial charge in [0.1, 0.15) is 5.78 Å². The van der Waals surface area contributed by atoms with Crippen molar-refractivity contribution >= 4 is 11.7 Å². The lowest BCUT2D eigenvalue weighted by Gasteiger charge is -2.37. The Balaban J connectivity index is 2.18. The molecule has 1 saturated carbocycles. The molecule has 0 aromatic heterocycles. The minimum atomic E-state index is -4.89. The molecule has 21 heavy (non-hydrogen) atoms. The van der Waals surface area contributed by atoms with Crippen molar-refractivity contribution in [1.82, 2.24) is 5.32 Å². The Morgan fingerprint density at radius 1 is 1.14 bits per heavy atom. The maximum absolute atomic E-state index is 12.3.